The van der Waals surface area contributed by atoms with E-state index in [1.54, 1.807) is 24.3 Å². The molecule has 1 aromatic rings. The molecule has 2 aliphatic carbocycles. The van der Waals surface area contributed by atoms with Crippen LogP contribution in [0.15, 0.2) is 41.8 Å². The number of esters is 1. The second kappa shape index (κ2) is 7.70. The summed E-state index contributed by atoms with van der Waals surface area (Å²) in [6, 6.07) is 8.28. The van der Waals surface area contributed by atoms with Crippen molar-refractivity contribution in [2.75, 3.05) is 17.3 Å². The number of amides is 1. The molecule has 4 rings (SSSR count). The first-order chi connectivity index (χ1) is 13.4. The SMILES string of the molecule is O=C(CC1CC2CCC1C2)OCC(=O)N(c1ccccc1)C1C=CS(=O)(=O)C1. The smallest absolute Gasteiger partial charge is 0.306 e. The van der Waals surface area contributed by atoms with Gasteiger partial charge in [0, 0.05) is 17.5 Å². The van der Waals surface area contributed by atoms with Crippen LogP contribution < -0.4 is 4.90 Å². The Balaban J connectivity index is 1.38. The van der Waals surface area contributed by atoms with Crippen LogP contribution >= 0.6 is 0 Å². The summed E-state index contributed by atoms with van der Waals surface area (Å²) in [6.07, 6.45) is 6.68. The fraction of sp³-hybridized carbons (Fsp3) is 0.524. The van der Waals surface area contributed by atoms with Gasteiger partial charge < -0.3 is 9.64 Å². The number of para-hydroxylation sites is 1. The lowest BCUT2D eigenvalue weighted by molar-refractivity contribution is -0.149. The zero-order chi connectivity index (χ0) is 19.7. The Bertz CT molecular complexity index is 879. The average molecular weight is 404 g/mol. The third-order valence-corrected chi connectivity index (χ3v) is 7.59. The first kappa shape index (κ1) is 19.2. The van der Waals surface area contributed by atoms with Crippen molar-refractivity contribution < 1.29 is 22.7 Å². The highest BCUT2D eigenvalue weighted by Gasteiger charge is 2.40. The van der Waals surface area contributed by atoms with Crippen LogP contribution in [-0.4, -0.2) is 38.7 Å². The maximum absolute atomic E-state index is 12.8. The molecule has 0 saturated heterocycles. The number of carbonyl (C=O) groups is 2. The zero-order valence-corrected chi connectivity index (χ0v) is 16.5. The van der Waals surface area contributed by atoms with E-state index in [9.17, 15) is 18.0 Å². The van der Waals surface area contributed by atoms with E-state index >= 15 is 0 Å². The van der Waals surface area contributed by atoms with E-state index < -0.39 is 21.8 Å². The fourth-order valence-electron chi connectivity index (χ4n) is 4.94. The quantitative estimate of drug-likeness (QED) is 0.682. The van der Waals surface area contributed by atoms with Gasteiger partial charge in [-0.15, -0.1) is 0 Å². The predicted molar refractivity (Wildman–Crippen MR) is 105 cm³/mol. The molecule has 3 aliphatic rings. The normalized spacial score (nSPS) is 29.7. The summed E-state index contributed by atoms with van der Waals surface area (Å²) in [4.78, 5) is 26.5. The van der Waals surface area contributed by atoms with Gasteiger partial charge >= 0.3 is 5.97 Å². The molecular weight excluding hydrogens is 378 g/mol. The first-order valence-electron chi connectivity index (χ1n) is 9.85. The second-order valence-corrected chi connectivity index (χ2v) is 10.1. The molecule has 0 spiro atoms. The Labute approximate surface area is 165 Å². The Morgan fingerprint density at radius 1 is 1.11 bits per heavy atom. The number of ether oxygens (including phenoxy) is 1. The molecule has 0 aromatic heterocycles. The number of sulfone groups is 1. The Kier molecular flexibility index (Phi) is 5.27. The van der Waals surface area contributed by atoms with Crippen molar-refractivity contribution in [3.05, 3.63) is 41.8 Å². The molecule has 2 bridgehead atoms. The van der Waals surface area contributed by atoms with Crippen LogP contribution in [-0.2, 0) is 24.2 Å². The topological polar surface area (TPSA) is 80.8 Å². The largest absolute Gasteiger partial charge is 0.456 e. The standard InChI is InChI=1S/C21H25NO5S/c23-20(13-27-21(24)12-17-11-15-6-7-16(17)10-15)22(18-4-2-1-3-5-18)19-8-9-28(25,26)14-19/h1-5,8-9,15-17,19H,6-7,10-14H2. The number of benzene rings is 1. The van der Waals surface area contributed by atoms with Crippen molar-refractivity contribution in [2.24, 2.45) is 17.8 Å². The Morgan fingerprint density at radius 3 is 2.50 bits per heavy atom. The van der Waals surface area contributed by atoms with E-state index in [4.69, 9.17) is 4.74 Å². The molecule has 4 atom stereocenters. The summed E-state index contributed by atoms with van der Waals surface area (Å²) in [7, 11) is -3.32. The maximum atomic E-state index is 12.8. The summed E-state index contributed by atoms with van der Waals surface area (Å²) in [5.74, 6) is 0.853. The minimum Gasteiger partial charge on any atom is -0.456 e. The summed E-state index contributed by atoms with van der Waals surface area (Å²) in [5.41, 5.74) is 0.586. The van der Waals surface area contributed by atoms with E-state index in [0.29, 0.717) is 23.9 Å². The maximum Gasteiger partial charge on any atom is 0.306 e. The fourth-order valence-corrected chi connectivity index (χ4v) is 6.21. The van der Waals surface area contributed by atoms with Gasteiger partial charge in [0.05, 0.1) is 11.8 Å². The van der Waals surface area contributed by atoms with Gasteiger partial charge in [-0.25, -0.2) is 8.42 Å². The molecule has 2 saturated carbocycles. The molecule has 150 valence electrons. The molecule has 1 amide bonds. The second-order valence-electron chi connectivity index (χ2n) is 8.12. The number of nitrogens with zero attached hydrogens (tertiary/aromatic N) is 1. The highest BCUT2D eigenvalue weighted by atomic mass is 32.2. The number of rotatable bonds is 6. The molecule has 7 heteroatoms. The minimum atomic E-state index is -3.32. The van der Waals surface area contributed by atoms with Crippen molar-refractivity contribution in [3.63, 3.8) is 0 Å². The molecule has 6 nitrogen and oxygen atoms in total. The number of carbonyl (C=O) groups excluding carboxylic acids is 2. The van der Waals surface area contributed by atoms with Crippen LogP contribution in [0.4, 0.5) is 5.69 Å². The summed E-state index contributed by atoms with van der Waals surface area (Å²) in [6.45, 7) is -0.376. The average Bonchev–Trinajstić information content (AvgIpc) is 3.37. The molecule has 0 radical (unpaired) electrons. The van der Waals surface area contributed by atoms with Crippen molar-refractivity contribution in [2.45, 2.75) is 38.1 Å². The van der Waals surface area contributed by atoms with Gasteiger partial charge in [0.25, 0.3) is 5.91 Å². The van der Waals surface area contributed by atoms with Gasteiger partial charge in [-0.2, -0.15) is 0 Å². The van der Waals surface area contributed by atoms with Gasteiger partial charge in [-0.3, -0.25) is 9.59 Å². The van der Waals surface area contributed by atoms with Crippen molar-refractivity contribution in [1.82, 2.24) is 0 Å². The zero-order valence-electron chi connectivity index (χ0n) is 15.7. The summed E-state index contributed by atoms with van der Waals surface area (Å²) in [5, 5.41) is 1.14. The molecule has 0 N–H and O–H groups in total. The molecule has 1 heterocycles. The van der Waals surface area contributed by atoms with Crippen LogP contribution in [0.3, 0.4) is 0 Å². The highest BCUT2D eigenvalue weighted by molar-refractivity contribution is 7.94. The van der Waals surface area contributed by atoms with Gasteiger partial charge in [-0.05, 0) is 55.2 Å². The lowest BCUT2D eigenvalue weighted by Crippen LogP contribution is -2.43. The van der Waals surface area contributed by atoms with Crippen LogP contribution in [0.5, 0.6) is 0 Å². The van der Waals surface area contributed by atoms with Crippen molar-refractivity contribution >= 4 is 27.4 Å². The molecule has 1 aliphatic heterocycles. The summed E-state index contributed by atoms with van der Waals surface area (Å²) >= 11 is 0. The molecule has 2 fully saturated rings. The number of hydrogen-bond acceptors (Lipinski definition) is 5. The first-order valence-corrected chi connectivity index (χ1v) is 11.6. The lowest BCUT2D eigenvalue weighted by Gasteiger charge is -2.27. The predicted octanol–water partition coefficient (Wildman–Crippen LogP) is 2.70. The van der Waals surface area contributed by atoms with Crippen LogP contribution in [0.25, 0.3) is 0 Å². The van der Waals surface area contributed by atoms with Crippen molar-refractivity contribution in [1.29, 1.82) is 0 Å². The number of hydrogen-bond donors (Lipinski definition) is 0. The third-order valence-electron chi connectivity index (χ3n) is 6.22. The van der Waals surface area contributed by atoms with Gasteiger partial charge in [0.1, 0.15) is 0 Å². The van der Waals surface area contributed by atoms with E-state index in [-0.39, 0.29) is 18.3 Å². The molecular formula is C21H25NO5S. The van der Waals surface area contributed by atoms with Gasteiger partial charge in [0.2, 0.25) is 0 Å². The van der Waals surface area contributed by atoms with Crippen LogP contribution in [0, 0.1) is 17.8 Å². The van der Waals surface area contributed by atoms with E-state index in [1.165, 1.54) is 30.2 Å². The number of anilines is 1. The molecule has 1 aromatic carbocycles. The molecule has 28 heavy (non-hydrogen) atoms. The summed E-state index contributed by atoms with van der Waals surface area (Å²) < 4.78 is 28.9. The van der Waals surface area contributed by atoms with E-state index in [0.717, 1.165) is 17.7 Å². The van der Waals surface area contributed by atoms with E-state index in [1.807, 2.05) is 6.07 Å². The lowest BCUT2D eigenvalue weighted by atomic mass is 9.86. The monoisotopic (exact) mass is 403 g/mol. The van der Waals surface area contributed by atoms with Crippen LogP contribution in [0.1, 0.15) is 32.1 Å². The van der Waals surface area contributed by atoms with Gasteiger partial charge in [-0.1, -0.05) is 24.6 Å². The molecule has 4 unspecified atom stereocenters. The number of fused-ring (bicyclic) bond motifs is 2. The van der Waals surface area contributed by atoms with Gasteiger partial charge in [0.15, 0.2) is 16.4 Å². The highest BCUT2D eigenvalue weighted by Crippen LogP contribution is 2.49. The minimum absolute atomic E-state index is 0.160. The van der Waals surface area contributed by atoms with Crippen molar-refractivity contribution in [3.8, 4) is 0 Å². The third kappa shape index (κ3) is 4.14. The Hall–Kier alpha value is -2.15. The Morgan fingerprint density at radius 2 is 1.89 bits per heavy atom. The van der Waals surface area contributed by atoms with Crippen LogP contribution in [0.2, 0.25) is 0 Å². The van der Waals surface area contributed by atoms with E-state index in [2.05, 4.69) is 0 Å².